The van der Waals surface area contributed by atoms with Crippen LogP contribution in [0.1, 0.15) is 51.9 Å². The summed E-state index contributed by atoms with van der Waals surface area (Å²) in [5.74, 6) is 0.514. The van der Waals surface area contributed by atoms with Gasteiger partial charge in [0.1, 0.15) is 0 Å². The first kappa shape index (κ1) is 12.6. The maximum Gasteiger partial charge on any atom is 0.244 e. The molecule has 3 nitrogen and oxygen atoms in total. The molecule has 1 aliphatic carbocycles. The van der Waals surface area contributed by atoms with Crippen molar-refractivity contribution >= 4 is 5.91 Å². The molecule has 1 aliphatic heterocycles. The standard InChI is InChI=1S/C14H23NO2/c1-2-3-4-5-10-8-14(17)15-13-9-11(16)6-7-12(10)13/h8,11-13,16H,2-7,9H2,1H3,(H,15,17). The zero-order chi connectivity index (χ0) is 12.3. The molecule has 96 valence electrons. The summed E-state index contributed by atoms with van der Waals surface area (Å²) >= 11 is 0. The van der Waals surface area contributed by atoms with Gasteiger partial charge in [-0.25, -0.2) is 0 Å². The number of unbranched alkanes of at least 4 members (excludes halogenated alkanes) is 2. The molecule has 17 heavy (non-hydrogen) atoms. The van der Waals surface area contributed by atoms with Crippen molar-refractivity contribution in [3.05, 3.63) is 11.6 Å². The maximum atomic E-state index is 11.6. The minimum absolute atomic E-state index is 0.0341. The van der Waals surface area contributed by atoms with Crippen molar-refractivity contribution in [1.82, 2.24) is 5.32 Å². The fourth-order valence-electron chi connectivity index (χ4n) is 3.09. The average molecular weight is 237 g/mol. The van der Waals surface area contributed by atoms with E-state index in [1.165, 1.54) is 24.8 Å². The van der Waals surface area contributed by atoms with E-state index in [0.717, 1.165) is 25.7 Å². The molecule has 3 heteroatoms. The third kappa shape index (κ3) is 3.09. The highest BCUT2D eigenvalue weighted by molar-refractivity contribution is 5.89. The lowest BCUT2D eigenvalue weighted by molar-refractivity contribution is -0.118. The molecule has 0 aromatic rings. The molecule has 0 spiro atoms. The van der Waals surface area contributed by atoms with Gasteiger partial charge in [0.15, 0.2) is 0 Å². The predicted molar refractivity (Wildman–Crippen MR) is 67.5 cm³/mol. The number of aliphatic hydroxyl groups excluding tert-OH is 1. The largest absolute Gasteiger partial charge is 0.393 e. The Kier molecular flexibility index (Phi) is 4.21. The number of amides is 1. The Morgan fingerprint density at radius 1 is 1.41 bits per heavy atom. The van der Waals surface area contributed by atoms with Gasteiger partial charge in [-0.3, -0.25) is 4.79 Å². The number of fused-ring (bicyclic) bond motifs is 1. The van der Waals surface area contributed by atoms with E-state index in [1.807, 2.05) is 0 Å². The van der Waals surface area contributed by atoms with Gasteiger partial charge in [0, 0.05) is 18.0 Å². The van der Waals surface area contributed by atoms with Crippen molar-refractivity contribution in [1.29, 1.82) is 0 Å². The number of hydrogen-bond donors (Lipinski definition) is 2. The fourth-order valence-corrected chi connectivity index (χ4v) is 3.09. The summed E-state index contributed by atoms with van der Waals surface area (Å²) in [6.07, 6.45) is 8.87. The van der Waals surface area contributed by atoms with E-state index >= 15 is 0 Å². The van der Waals surface area contributed by atoms with Crippen LogP contribution in [0.25, 0.3) is 0 Å². The van der Waals surface area contributed by atoms with Crippen molar-refractivity contribution in [2.45, 2.75) is 64.0 Å². The molecule has 0 radical (unpaired) electrons. The van der Waals surface area contributed by atoms with Crippen LogP contribution in [0.15, 0.2) is 11.6 Å². The van der Waals surface area contributed by atoms with E-state index in [9.17, 15) is 9.90 Å². The third-order valence-electron chi connectivity index (χ3n) is 4.01. The quantitative estimate of drug-likeness (QED) is 0.736. The summed E-state index contributed by atoms with van der Waals surface area (Å²) in [5, 5.41) is 12.7. The Hall–Kier alpha value is -0.830. The second kappa shape index (κ2) is 5.67. The summed E-state index contributed by atoms with van der Waals surface area (Å²) < 4.78 is 0. The molecule has 1 amide bonds. The van der Waals surface area contributed by atoms with Crippen molar-refractivity contribution in [3.8, 4) is 0 Å². The van der Waals surface area contributed by atoms with Crippen molar-refractivity contribution in [2.24, 2.45) is 5.92 Å². The van der Waals surface area contributed by atoms with Gasteiger partial charge in [0.2, 0.25) is 5.91 Å². The summed E-state index contributed by atoms with van der Waals surface area (Å²) in [5.41, 5.74) is 1.32. The van der Waals surface area contributed by atoms with Crippen LogP contribution in [0.4, 0.5) is 0 Å². The van der Waals surface area contributed by atoms with Gasteiger partial charge in [-0.05, 0) is 32.1 Å². The van der Waals surface area contributed by atoms with Crippen molar-refractivity contribution < 1.29 is 9.90 Å². The molecule has 0 aromatic carbocycles. The molecule has 1 saturated carbocycles. The Morgan fingerprint density at radius 2 is 2.24 bits per heavy atom. The molecular weight excluding hydrogens is 214 g/mol. The summed E-state index contributed by atoms with van der Waals surface area (Å²) in [4.78, 5) is 11.6. The zero-order valence-corrected chi connectivity index (χ0v) is 10.6. The summed E-state index contributed by atoms with van der Waals surface area (Å²) in [6, 6.07) is 0.174. The van der Waals surface area contributed by atoms with E-state index in [4.69, 9.17) is 0 Å². The van der Waals surface area contributed by atoms with Crippen LogP contribution < -0.4 is 5.32 Å². The smallest absolute Gasteiger partial charge is 0.244 e. The zero-order valence-electron chi connectivity index (χ0n) is 10.6. The van der Waals surface area contributed by atoms with Crippen LogP contribution >= 0.6 is 0 Å². The summed E-state index contributed by atoms with van der Waals surface area (Å²) in [6.45, 7) is 2.20. The minimum Gasteiger partial charge on any atom is -0.393 e. The van der Waals surface area contributed by atoms with Crippen LogP contribution in [-0.2, 0) is 4.79 Å². The van der Waals surface area contributed by atoms with Gasteiger partial charge in [0.05, 0.1) is 6.10 Å². The Balaban J connectivity index is 2.00. The lowest BCUT2D eigenvalue weighted by Crippen LogP contribution is -2.48. The highest BCUT2D eigenvalue weighted by atomic mass is 16.3. The Labute approximate surface area is 103 Å². The summed E-state index contributed by atoms with van der Waals surface area (Å²) in [7, 11) is 0. The molecule has 3 atom stereocenters. The van der Waals surface area contributed by atoms with E-state index in [2.05, 4.69) is 12.2 Å². The number of hydrogen-bond acceptors (Lipinski definition) is 2. The number of aliphatic hydroxyl groups is 1. The van der Waals surface area contributed by atoms with Crippen LogP contribution in [-0.4, -0.2) is 23.2 Å². The minimum atomic E-state index is -0.230. The molecule has 2 rings (SSSR count). The first-order chi connectivity index (χ1) is 8.20. The Bertz CT molecular complexity index is 311. The van der Waals surface area contributed by atoms with Crippen LogP contribution in [0.2, 0.25) is 0 Å². The first-order valence-corrected chi connectivity index (χ1v) is 6.89. The second-order valence-corrected chi connectivity index (χ2v) is 5.36. The molecule has 1 fully saturated rings. The maximum absolute atomic E-state index is 11.6. The fraction of sp³-hybridized carbons (Fsp3) is 0.786. The number of nitrogens with one attached hydrogen (secondary N) is 1. The van der Waals surface area contributed by atoms with Gasteiger partial charge in [-0.15, -0.1) is 0 Å². The van der Waals surface area contributed by atoms with Gasteiger partial charge in [-0.1, -0.05) is 25.3 Å². The van der Waals surface area contributed by atoms with Gasteiger partial charge >= 0.3 is 0 Å². The molecule has 0 bridgehead atoms. The molecule has 2 N–H and O–H groups in total. The normalized spacial score (nSPS) is 32.7. The predicted octanol–water partition coefficient (Wildman–Crippen LogP) is 2.15. The lowest BCUT2D eigenvalue weighted by Gasteiger charge is -2.38. The monoisotopic (exact) mass is 237 g/mol. The molecule has 3 unspecified atom stereocenters. The average Bonchev–Trinajstić information content (AvgIpc) is 2.28. The molecule has 2 aliphatic rings. The second-order valence-electron chi connectivity index (χ2n) is 5.36. The molecular formula is C14H23NO2. The van der Waals surface area contributed by atoms with E-state index < -0.39 is 0 Å². The number of carbonyl (C=O) groups excluding carboxylic acids is 1. The van der Waals surface area contributed by atoms with E-state index in [1.54, 1.807) is 6.08 Å². The molecule has 1 heterocycles. The molecule has 0 aromatic heterocycles. The Morgan fingerprint density at radius 3 is 3.00 bits per heavy atom. The van der Waals surface area contributed by atoms with E-state index in [-0.39, 0.29) is 18.1 Å². The van der Waals surface area contributed by atoms with Crippen LogP contribution in [0, 0.1) is 5.92 Å². The number of rotatable bonds is 4. The molecule has 0 saturated heterocycles. The van der Waals surface area contributed by atoms with Crippen LogP contribution in [0.3, 0.4) is 0 Å². The van der Waals surface area contributed by atoms with Crippen molar-refractivity contribution in [2.75, 3.05) is 0 Å². The van der Waals surface area contributed by atoms with Gasteiger partial charge in [-0.2, -0.15) is 0 Å². The highest BCUT2D eigenvalue weighted by Gasteiger charge is 2.35. The first-order valence-electron chi connectivity index (χ1n) is 6.89. The SMILES string of the molecule is CCCCCC1=CC(=O)NC2CC(O)CCC12. The highest BCUT2D eigenvalue weighted by Crippen LogP contribution is 2.35. The lowest BCUT2D eigenvalue weighted by atomic mass is 9.75. The van der Waals surface area contributed by atoms with Gasteiger partial charge < -0.3 is 10.4 Å². The van der Waals surface area contributed by atoms with Crippen molar-refractivity contribution in [3.63, 3.8) is 0 Å². The third-order valence-corrected chi connectivity index (χ3v) is 4.01. The van der Waals surface area contributed by atoms with E-state index in [0.29, 0.717) is 5.92 Å². The van der Waals surface area contributed by atoms with Crippen LogP contribution in [0.5, 0.6) is 0 Å². The number of carbonyl (C=O) groups is 1. The van der Waals surface area contributed by atoms with Gasteiger partial charge in [0.25, 0.3) is 0 Å². The topological polar surface area (TPSA) is 49.3 Å².